The highest BCUT2D eigenvalue weighted by Gasteiger charge is 2.28. The van der Waals surface area contributed by atoms with Crippen molar-refractivity contribution in [3.63, 3.8) is 0 Å². The number of carboxylic acid groups (broad SMARTS) is 1. The molecule has 178 valence electrons. The number of aliphatic hydroxyl groups excluding tert-OH is 1. The van der Waals surface area contributed by atoms with Crippen LogP contribution in [0.4, 0.5) is 17.1 Å². The van der Waals surface area contributed by atoms with E-state index < -0.39 is 29.8 Å². The summed E-state index contributed by atoms with van der Waals surface area (Å²) in [6, 6.07) is 14.5. The topological polar surface area (TPSA) is 130 Å². The summed E-state index contributed by atoms with van der Waals surface area (Å²) in [6.07, 6.45) is 0.641. The molecule has 2 aromatic rings. The van der Waals surface area contributed by atoms with E-state index in [0.717, 1.165) is 5.69 Å². The van der Waals surface area contributed by atoms with Gasteiger partial charge in [-0.05, 0) is 30.3 Å². The van der Waals surface area contributed by atoms with Crippen molar-refractivity contribution in [2.24, 2.45) is 0 Å². The van der Waals surface area contributed by atoms with Crippen molar-refractivity contribution in [2.45, 2.75) is 6.42 Å². The number of ketones is 1. The molecule has 3 N–H and O–H groups in total. The van der Waals surface area contributed by atoms with Crippen molar-refractivity contribution in [3.8, 4) is 0 Å². The monoisotopic (exact) mass is 466 g/mol. The van der Waals surface area contributed by atoms with Crippen LogP contribution in [0.1, 0.15) is 16.8 Å². The molecule has 2 amide bonds. The molecule has 1 saturated heterocycles. The van der Waals surface area contributed by atoms with Gasteiger partial charge in [0.05, 0.1) is 12.9 Å². The molecule has 0 spiro atoms. The van der Waals surface area contributed by atoms with E-state index in [9.17, 15) is 24.3 Å². The van der Waals surface area contributed by atoms with Crippen LogP contribution in [0.3, 0.4) is 0 Å². The molecule has 1 fully saturated rings. The van der Waals surface area contributed by atoms with Crippen LogP contribution in [0.15, 0.2) is 60.4 Å². The Labute approximate surface area is 196 Å². The molecule has 1 heterocycles. The second-order valence-corrected chi connectivity index (χ2v) is 7.86. The molecule has 10 heteroatoms. The molecule has 0 atom stereocenters. The van der Waals surface area contributed by atoms with Crippen molar-refractivity contribution < 1.29 is 29.4 Å². The number of aliphatic carboxylic acids is 1. The number of anilines is 3. The van der Waals surface area contributed by atoms with Crippen LogP contribution < -0.4 is 20.0 Å². The van der Waals surface area contributed by atoms with Crippen molar-refractivity contribution >= 4 is 40.6 Å². The number of amides is 2. The van der Waals surface area contributed by atoms with Gasteiger partial charge in [0.15, 0.2) is 0 Å². The van der Waals surface area contributed by atoms with Crippen LogP contribution in [0.25, 0.3) is 0 Å². The van der Waals surface area contributed by atoms with Crippen LogP contribution in [-0.2, 0) is 14.4 Å². The summed E-state index contributed by atoms with van der Waals surface area (Å²) in [4.78, 5) is 54.3. The molecular formula is C24H26N4O6. The van der Waals surface area contributed by atoms with Crippen molar-refractivity contribution in [1.29, 1.82) is 0 Å². The molecule has 0 bridgehead atoms. The van der Waals surface area contributed by atoms with E-state index in [-0.39, 0.29) is 24.6 Å². The molecule has 2 aromatic carbocycles. The predicted octanol–water partition coefficient (Wildman–Crippen LogP) is 1.78. The van der Waals surface area contributed by atoms with Gasteiger partial charge in [0.25, 0.3) is 5.91 Å². The first kappa shape index (κ1) is 24.3. The first-order valence-corrected chi connectivity index (χ1v) is 10.5. The standard InChI is InChI=1S/C24H26N4O6/c1-26(2)20-9-8-17(12-18(20)23(33)19(14-29)24(34)25-13-22(31)32)28-15-27(11-10-21(28)30)16-6-4-3-5-7-16/h3-9,12,14,29H,10-11,13,15H2,1-2H3,(H,25,34)(H,31,32). The van der Waals surface area contributed by atoms with E-state index >= 15 is 0 Å². The zero-order valence-corrected chi connectivity index (χ0v) is 18.9. The van der Waals surface area contributed by atoms with E-state index in [1.807, 2.05) is 35.2 Å². The van der Waals surface area contributed by atoms with Gasteiger partial charge in [-0.3, -0.25) is 24.1 Å². The number of Topliss-reactive ketones (excluding diaryl/α,β-unsaturated/α-hetero) is 1. The van der Waals surface area contributed by atoms with Crippen molar-refractivity contribution in [3.05, 3.63) is 65.9 Å². The first-order valence-electron chi connectivity index (χ1n) is 10.5. The van der Waals surface area contributed by atoms with Crippen molar-refractivity contribution in [1.82, 2.24) is 5.32 Å². The minimum absolute atomic E-state index is 0.0814. The van der Waals surface area contributed by atoms with Crippen LogP contribution in [0, 0.1) is 0 Å². The molecule has 1 aliphatic heterocycles. The number of benzene rings is 2. The highest BCUT2D eigenvalue weighted by atomic mass is 16.4. The zero-order chi connectivity index (χ0) is 24.8. The van der Waals surface area contributed by atoms with E-state index in [0.29, 0.717) is 24.2 Å². The van der Waals surface area contributed by atoms with Gasteiger partial charge in [-0.1, -0.05) is 18.2 Å². The molecule has 0 saturated carbocycles. The van der Waals surface area contributed by atoms with Crippen LogP contribution in [0.2, 0.25) is 0 Å². The third-order valence-corrected chi connectivity index (χ3v) is 5.37. The number of hydrogen-bond acceptors (Lipinski definition) is 7. The largest absolute Gasteiger partial charge is 0.515 e. The number of carboxylic acids is 1. The molecule has 1 aliphatic rings. The molecule has 0 radical (unpaired) electrons. The number of hydrogen-bond donors (Lipinski definition) is 3. The Bertz CT molecular complexity index is 1130. The maximum absolute atomic E-state index is 13.2. The number of nitrogens with zero attached hydrogens (tertiary/aromatic N) is 3. The summed E-state index contributed by atoms with van der Waals surface area (Å²) in [5, 5.41) is 20.4. The minimum Gasteiger partial charge on any atom is -0.515 e. The highest BCUT2D eigenvalue weighted by Crippen LogP contribution is 2.30. The van der Waals surface area contributed by atoms with E-state index in [1.165, 1.54) is 6.07 Å². The van der Waals surface area contributed by atoms with Gasteiger partial charge in [-0.25, -0.2) is 0 Å². The lowest BCUT2D eigenvalue weighted by Crippen LogP contribution is -2.48. The fourth-order valence-electron chi connectivity index (χ4n) is 3.64. The van der Waals surface area contributed by atoms with Crippen LogP contribution in [-0.4, -0.2) is 67.6 Å². The fourth-order valence-corrected chi connectivity index (χ4v) is 3.64. The number of para-hydroxylation sites is 1. The minimum atomic E-state index is -1.29. The zero-order valence-electron chi connectivity index (χ0n) is 18.9. The van der Waals surface area contributed by atoms with Gasteiger partial charge in [0, 0.05) is 49.7 Å². The Kier molecular flexibility index (Phi) is 7.52. The van der Waals surface area contributed by atoms with E-state index in [2.05, 4.69) is 5.32 Å². The Morgan fingerprint density at radius 1 is 1.09 bits per heavy atom. The van der Waals surface area contributed by atoms with Crippen LogP contribution in [0.5, 0.6) is 0 Å². The Balaban J connectivity index is 1.95. The highest BCUT2D eigenvalue weighted by molar-refractivity contribution is 6.27. The van der Waals surface area contributed by atoms with Crippen molar-refractivity contribution in [2.75, 3.05) is 48.6 Å². The van der Waals surface area contributed by atoms with Gasteiger partial charge in [-0.2, -0.15) is 0 Å². The van der Waals surface area contributed by atoms with Gasteiger partial charge in [-0.15, -0.1) is 0 Å². The second-order valence-electron chi connectivity index (χ2n) is 7.86. The van der Waals surface area contributed by atoms with Gasteiger partial charge < -0.3 is 25.3 Å². The normalized spacial score (nSPS) is 14.1. The quantitative estimate of drug-likeness (QED) is 0.176. The first-order chi connectivity index (χ1) is 16.2. The lowest BCUT2D eigenvalue weighted by molar-refractivity contribution is -0.137. The van der Waals surface area contributed by atoms with E-state index in [1.54, 1.807) is 36.0 Å². The Morgan fingerprint density at radius 3 is 2.41 bits per heavy atom. The predicted molar refractivity (Wildman–Crippen MR) is 127 cm³/mol. The Hall–Kier alpha value is -4.34. The summed E-state index contributed by atoms with van der Waals surface area (Å²) in [5.74, 6) is -3.23. The average Bonchev–Trinajstić information content (AvgIpc) is 2.83. The summed E-state index contributed by atoms with van der Waals surface area (Å²) >= 11 is 0. The lowest BCUT2D eigenvalue weighted by atomic mass is 10.00. The fraction of sp³-hybridized carbons (Fsp3) is 0.250. The van der Waals surface area contributed by atoms with Gasteiger partial charge in [0.2, 0.25) is 11.7 Å². The third kappa shape index (κ3) is 5.34. The number of carbonyl (C=O) groups excluding carboxylic acids is 3. The van der Waals surface area contributed by atoms with Crippen LogP contribution >= 0.6 is 0 Å². The van der Waals surface area contributed by atoms with E-state index in [4.69, 9.17) is 5.11 Å². The third-order valence-electron chi connectivity index (χ3n) is 5.37. The number of carbonyl (C=O) groups is 4. The summed E-state index contributed by atoms with van der Waals surface area (Å²) < 4.78 is 0. The Morgan fingerprint density at radius 2 is 1.79 bits per heavy atom. The lowest BCUT2D eigenvalue weighted by Gasteiger charge is -2.37. The molecule has 0 aliphatic carbocycles. The number of aliphatic hydroxyl groups is 1. The molecule has 0 aromatic heterocycles. The summed E-state index contributed by atoms with van der Waals surface area (Å²) in [5.41, 5.74) is 1.35. The maximum Gasteiger partial charge on any atom is 0.322 e. The smallest absolute Gasteiger partial charge is 0.322 e. The number of nitrogens with one attached hydrogen (secondary N) is 1. The SMILES string of the molecule is CN(C)c1ccc(N2CN(c3ccccc3)CCC2=O)cc1C(=O)C(=CO)C(=O)NCC(=O)O. The second kappa shape index (κ2) is 10.5. The maximum atomic E-state index is 13.2. The number of rotatable bonds is 8. The summed E-state index contributed by atoms with van der Waals surface area (Å²) in [7, 11) is 3.42. The molecule has 10 nitrogen and oxygen atoms in total. The molecule has 34 heavy (non-hydrogen) atoms. The van der Waals surface area contributed by atoms with Gasteiger partial charge in [0.1, 0.15) is 12.1 Å². The molecular weight excluding hydrogens is 440 g/mol. The van der Waals surface area contributed by atoms with Gasteiger partial charge >= 0.3 is 5.97 Å². The molecule has 0 unspecified atom stereocenters. The average molecular weight is 466 g/mol. The summed E-state index contributed by atoms with van der Waals surface area (Å²) in [6.45, 7) is 0.128. The molecule has 3 rings (SSSR count).